The first kappa shape index (κ1) is 16.5. The third kappa shape index (κ3) is 5.59. The van der Waals surface area contributed by atoms with E-state index in [1.807, 2.05) is 0 Å². The molecule has 5 nitrogen and oxygen atoms in total. The van der Waals surface area contributed by atoms with Crippen molar-refractivity contribution >= 4 is 5.97 Å². The van der Waals surface area contributed by atoms with Gasteiger partial charge >= 0.3 is 5.97 Å². The van der Waals surface area contributed by atoms with Gasteiger partial charge in [0, 0.05) is 25.7 Å². The van der Waals surface area contributed by atoms with Gasteiger partial charge in [-0.3, -0.25) is 4.90 Å². The van der Waals surface area contributed by atoms with Crippen LogP contribution in [0.2, 0.25) is 0 Å². The smallest absolute Gasteiger partial charge is 0.335 e. The van der Waals surface area contributed by atoms with E-state index in [9.17, 15) is 4.79 Å². The lowest BCUT2D eigenvalue weighted by molar-refractivity contribution is 0.0696. The van der Waals surface area contributed by atoms with E-state index in [1.54, 1.807) is 12.1 Å². The number of ether oxygens (including phenoxy) is 1. The highest BCUT2D eigenvalue weighted by Gasteiger charge is 2.09. The van der Waals surface area contributed by atoms with Gasteiger partial charge in [0.1, 0.15) is 12.4 Å². The molecule has 1 aromatic carbocycles. The maximum Gasteiger partial charge on any atom is 0.335 e. The molecule has 0 heterocycles. The molecule has 20 heavy (non-hydrogen) atoms. The fourth-order valence-electron chi connectivity index (χ4n) is 1.90. The van der Waals surface area contributed by atoms with E-state index < -0.39 is 5.97 Å². The summed E-state index contributed by atoms with van der Waals surface area (Å²) in [5.41, 5.74) is 0.225. The lowest BCUT2D eigenvalue weighted by Gasteiger charge is -2.26. The van der Waals surface area contributed by atoms with Gasteiger partial charge in [0.05, 0.1) is 5.56 Å². The van der Waals surface area contributed by atoms with E-state index in [0.29, 0.717) is 18.4 Å². The molecule has 0 spiro atoms. The molecule has 0 aliphatic heterocycles. The minimum atomic E-state index is -0.956. The highest BCUT2D eigenvalue weighted by molar-refractivity contribution is 5.87. The number of aromatic carboxylic acids is 1. The molecule has 0 amide bonds. The van der Waals surface area contributed by atoms with Gasteiger partial charge in [-0.1, -0.05) is 6.07 Å². The van der Waals surface area contributed by atoms with Gasteiger partial charge in [0.25, 0.3) is 0 Å². The fourth-order valence-corrected chi connectivity index (χ4v) is 1.90. The standard InChI is InChI=1S/C15H23NO4/c1-12(2)16(7-4-9-17)8-10-20-14-6-3-5-13(11-14)15(18)19/h3,5-6,11-12,17H,4,7-10H2,1-2H3,(H,18,19). The van der Waals surface area contributed by atoms with Crippen LogP contribution >= 0.6 is 0 Å². The van der Waals surface area contributed by atoms with Gasteiger partial charge in [-0.2, -0.15) is 0 Å². The van der Waals surface area contributed by atoms with Crippen LogP contribution in [0.5, 0.6) is 5.75 Å². The molecule has 5 heteroatoms. The Morgan fingerprint density at radius 2 is 2.10 bits per heavy atom. The molecule has 0 aliphatic carbocycles. The summed E-state index contributed by atoms with van der Waals surface area (Å²) >= 11 is 0. The topological polar surface area (TPSA) is 70.0 Å². The van der Waals surface area contributed by atoms with Gasteiger partial charge < -0.3 is 14.9 Å². The van der Waals surface area contributed by atoms with E-state index in [2.05, 4.69) is 18.7 Å². The molecule has 0 saturated carbocycles. The van der Waals surface area contributed by atoms with Crippen LogP contribution in [0.15, 0.2) is 24.3 Å². The second-order valence-corrected chi connectivity index (χ2v) is 4.89. The van der Waals surface area contributed by atoms with Crippen molar-refractivity contribution < 1.29 is 19.7 Å². The number of aliphatic hydroxyl groups excluding tert-OH is 1. The van der Waals surface area contributed by atoms with Crippen LogP contribution in [0.25, 0.3) is 0 Å². The molecule has 0 atom stereocenters. The Hall–Kier alpha value is -1.59. The van der Waals surface area contributed by atoms with Crippen LogP contribution in [-0.2, 0) is 0 Å². The molecule has 0 bridgehead atoms. The molecular formula is C15H23NO4. The first-order chi connectivity index (χ1) is 9.54. The van der Waals surface area contributed by atoms with Crippen molar-refractivity contribution in [1.82, 2.24) is 4.90 Å². The summed E-state index contributed by atoms with van der Waals surface area (Å²) in [4.78, 5) is 13.1. The Kier molecular flexibility index (Phi) is 7.04. The Bertz CT molecular complexity index is 420. The Labute approximate surface area is 119 Å². The second-order valence-electron chi connectivity index (χ2n) is 4.89. The van der Waals surface area contributed by atoms with E-state index in [4.69, 9.17) is 14.9 Å². The maximum atomic E-state index is 10.9. The number of nitrogens with zero attached hydrogens (tertiary/aromatic N) is 1. The molecule has 1 rings (SSSR count). The summed E-state index contributed by atoms with van der Waals surface area (Å²) in [5, 5.41) is 17.8. The van der Waals surface area contributed by atoms with Crippen LogP contribution in [0.4, 0.5) is 0 Å². The molecule has 1 aromatic rings. The molecule has 0 aliphatic rings. The quantitative estimate of drug-likeness (QED) is 0.723. The zero-order valence-corrected chi connectivity index (χ0v) is 12.1. The molecule has 0 unspecified atom stereocenters. The summed E-state index contributed by atoms with van der Waals surface area (Å²) in [6, 6.07) is 6.87. The molecule has 2 N–H and O–H groups in total. The number of hydrogen-bond acceptors (Lipinski definition) is 4. The van der Waals surface area contributed by atoms with Gasteiger partial charge in [-0.15, -0.1) is 0 Å². The van der Waals surface area contributed by atoms with Crippen molar-refractivity contribution in [2.24, 2.45) is 0 Å². The highest BCUT2D eigenvalue weighted by atomic mass is 16.5. The largest absolute Gasteiger partial charge is 0.492 e. The minimum Gasteiger partial charge on any atom is -0.492 e. The van der Waals surface area contributed by atoms with Crippen molar-refractivity contribution in [2.75, 3.05) is 26.3 Å². The summed E-state index contributed by atoms with van der Waals surface area (Å²) in [6.07, 6.45) is 0.743. The molecule has 0 fully saturated rings. The number of carbonyl (C=O) groups is 1. The Balaban J connectivity index is 2.45. The minimum absolute atomic E-state index is 0.185. The summed E-state index contributed by atoms with van der Waals surface area (Å²) in [6.45, 7) is 6.45. The molecule has 0 radical (unpaired) electrons. The Morgan fingerprint density at radius 1 is 1.35 bits per heavy atom. The third-order valence-electron chi connectivity index (χ3n) is 3.06. The molecule has 0 aromatic heterocycles. The maximum absolute atomic E-state index is 10.9. The van der Waals surface area contributed by atoms with Crippen LogP contribution in [-0.4, -0.2) is 53.4 Å². The summed E-state index contributed by atoms with van der Waals surface area (Å²) in [5.74, 6) is -0.391. The lowest BCUT2D eigenvalue weighted by atomic mass is 10.2. The fraction of sp³-hybridized carbons (Fsp3) is 0.533. The first-order valence-electron chi connectivity index (χ1n) is 6.85. The molecule has 112 valence electrons. The Morgan fingerprint density at radius 3 is 2.70 bits per heavy atom. The monoisotopic (exact) mass is 281 g/mol. The van der Waals surface area contributed by atoms with Gasteiger partial charge in [-0.05, 0) is 38.5 Å². The molecule has 0 saturated heterocycles. The summed E-state index contributed by atoms with van der Waals surface area (Å²) in [7, 11) is 0. The van der Waals surface area contributed by atoms with Crippen LogP contribution < -0.4 is 4.74 Å². The number of rotatable bonds is 9. The predicted octanol–water partition coefficient (Wildman–Crippen LogP) is 1.86. The zero-order valence-electron chi connectivity index (χ0n) is 12.1. The van der Waals surface area contributed by atoms with E-state index >= 15 is 0 Å². The van der Waals surface area contributed by atoms with E-state index in [1.165, 1.54) is 12.1 Å². The van der Waals surface area contributed by atoms with Crippen molar-refractivity contribution in [3.8, 4) is 5.75 Å². The zero-order chi connectivity index (χ0) is 15.0. The first-order valence-corrected chi connectivity index (χ1v) is 6.85. The van der Waals surface area contributed by atoms with Crippen LogP contribution in [0.3, 0.4) is 0 Å². The van der Waals surface area contributed by atoms with Crippen molar-refractivity contribution in [3.63, 3.8) is 0 Å². The van der Waals surface area contributed by atoms with Crippen LogP contribution in [0, 0.1) is 0 Å². The average Bonchev–Trinajstić information content (AvgIpc) is 2.42. The van der Waals surface area contributed by atoms with Crippen molar-refractivity contribution in [3.05, 3.63) is 29.8 Å². The SMILES string of the molecule is CC(C)N(CCCO)CCOc1cccc(C(=O)O)c1. The highest BCUT2D eigenvalue weighted by Crippen LogP contribution is 2.13. The predicted molar refractivity (Wildman–Crippen MR) is 77.3 cm³/mol. The third-order valence-corrected chi connectivity index (χ3v) is 3.06. The van der Waals surface area contributed by atoms with E-state index in [-0.39, 0.29) is 12.2 Å². The van der Waals surface area contributed by atoms with Crippen molar-refractivity contribution in [2.45, 2.75) is 26.3 Å². The number of hydrogen-bond donors (Lipinski definition) is 2. The average molecular weight is 281 g/mol. The number of carboxylic acid groups (broad SMARTS) is 1. The number of aliphatic hydroxyl groups is 1. The van der Waals surface area contributed by atoms with Crippen molar-refractivity contribution in [1.29, 1.82) is 0 Å². The number of carboxylic acids is 1. The second kappa shape index (κ2) is 8.55. The number of benzene rings is 1. The normalized spacial score (nSPS) is 11.1. The van der Waals surface area contributed by atoms with E-state index in [0.717, 1.165) is 19.5 Å². The van der Waals surface area contributed by atoms with Gasteiger partial charge in [0.15, 0.2) is 0 Å². The van der Waals surface area contributed by atoms with Gasteiger partial charge in [-0.25, -0.2) is 4.79 Å². The molecular weight excluding hydrogens is 258 g/mol. The van der Waals surface area contributed by atoms with Gasteiger partial charge in [0.2, 0.25) is 0 Å². The van der Waals surface area contributed by atoms with Crippen LogP contribution in [0.1, 0.15) is 30.6 Å². The lowest BCUT2D eigenvalue weighted by Crippen LogP contribution is -2.35. The summed E-state index contributed by atoms with van der Waals surface area (Å²) < 4.78 is 5.59.